The quantitative estimate of drug-likeness (QED) is 0.713. The molecule has 0 amide bonds. The predicted octanol–water partition coefficient (Wildman–Crippen LogP) is 1.75. The van der Waals surface area contributed by atoms with Crippen LogP contribution in [0.3, 0.4) is 0 Å². The van der Waals surface area contributed by atoms with Gasteiger partial charge in [0.2, 0.25) is 0 Å². The van der Waals surface area contributed by atoms with Gasteiger partial charge in [-0.25, -0.2) is 4.39 Å². The van der Waals surface area contributed by atoms with Gasteiger partial charge in [-0.15, -0.1) is 0 Å². The van der Waals surface area contributed by atoms with E-state index in [9.17, 15) is 4.39 Å². The molecule has 0 aromatic carbocycles. The standard InChI is InChI=1S/C10H12FN2/c11-8-4-3-7-13-9(8)10(12)5-1-2-6-10/h4,7H,1-2,5-6,12H2. The highest BCUT2D eigenvalue weighted by atomic mass is 19.1. The maximum atomic E-state index is 13.3. The Bertz CT molecular complexity index is 306. The van der Waals surface area contributed by atoms with Crippen molar-refractivity contribution in [1.29, 1.82) is 0 Å². The van der Waals surface area contributed by atoms with E-state index in [0.717, 1.165) is 25.7 Å². The third-order valence-corrected chi connectivity index (χ3v) is 2.67. The fraction of sp³-hybridized carbons (Fsp3) is 0.500. The number of hydrogen-bond donors (Lipinski definition) is 1. The first-order valence-electron chi connectivity index (χ1n) is 4.53. The summed E-state index contributed by atoms with van der Waals surface area (Å²) in [4.78, 5) is 3.98. The first-order valence-corrected chi connectivity index (χ1v) is 4.53. The topological polar surface area (TPSA) is 38.9 Å². The molecule has 1 heterocycles. The molecule has 2 rings (SSSR count). The molecule has 69 valence electrons. The van der Waals surface area contributed by atoms with Crippen LogP contribution in [0, 0.1) is 11.9 Å². The van der Waals surface area contributed by atoms with Crippen molar-refractivity contribution >= 4 is 0 Å². The summed E-state index contributed by atoms with van der Waals surface area (Å²) in [5.74, 6) is -0.327. The Hall–Kier alpha value is -0.960. The second-order valence-corrected chi connectivity index (χ2v) is 3.63. The summed E-state index contributed by atoms with van der Waals surface area (Å²) in [5.41, 5.74) is 5.94. The Morgan fingerprint density at radius 3 is 2.77 bits per heavy atom. The number of pyridine rings is 1. The summed E-state index contributed by atoms with van der Waals surface area (Å²) >= 11 is 0. The van der Waals surface area contributed by atoms with Crippen LogP contribution < -0.4 is 5.73 Å². The van der Waals surface area contributed by atoms with Crippen LogP contribution in [0.1, 0.15) is 31.4 Å². The van der Waals surface area contributed by atoms with Crippen LogP contribution in [-0.2, 0) is 5.54 Å². The van der Waals surface area contributed by atoms with Gasteiger partial charge in [0, 0.05) is 12.3 Å². The van der Waals surface area contributed by atoms with Gasteiger partial charge in [-0.1, -0.05) is 12.8 Å². The molecule has 0 bridgehead atoms. The van der Waals surface area contributed by atoms with Gasteiger partial charge < -0.3 is 5.73 Å². The van der Waals surface area contributed by atoms with Crippen molar-refractivity contribution in [3.8, 4) is 0 Å². The van der Waals surface area contributed by atoms with E-state index >= 15 is 0 Å². The summed E-state index contributed by atoms with van der Waals surface area (Å²) in [6, 6.07) is 3.90. The molecule has 0 spiro atoms. The molecule has 1 aliphatic carbocycles. The molecule has 2 N–H and O–H groups in total. The maximum Gasteiger partial charge on any atom is 0.147 e. The van der Waals surface area contributed by atoms with Gasteiger partial charge in [0.25, 0.3) is 0 Å². The lowest BCUT2D eigenvalue weighted by molar-refractivity contribution is 0.417. The molecule has 3 heteroatoms. The van der Waals surface area contributed by atoms with Gasteiger partial charge in [0.15, 0.2) is 0 Å². The molecule has 1 aliphatic rings. The Morgan fingerprint density at radius 2 is 2.15 bits per heavy atom. The molecule has 1 aromatic rings. The van der Waals surface area contributed by atoms with Crippen molar-refractivity contribution in [3.05, 3.63) is 29.8 Å². The lowest BCUT2D eigenvalue weighted by atomic mass is 9.94. The van der Waals surface area contributed by atoms with Crippen LogP contribution in [-0.4, -0.2) is 4.98 Å². The third-order valence-electron chi connectivity index (χ3n) is 2.67. The predicted molar refractivity (Wildman–Crippen MR) is 47.4 cm³/mol. The van der Waals surface area contributed by atoms with Gasteiger partial charge >= 0.3 is 0 Å². The monoisotopic (exact) mass is 179 g/mol. The van der Waals surface area contributed by atoms with E-state index in [4.69, 9.17) is 5.73 Å². The van der Waals surface area contributed by atoms with E-state index in [2.05, 4.69) is 11.1 Å². The zero-order valence-electron chi connectivity index (χ0n) is 7.39. The molecule has 13 heavy (non-hydrogen) atoms. The van der Waals surface area contributed by atoms with Gasteiger partial charge in [-0.05, 0) is 18.9 Å². The maximum absolute atomic E-state index is 13.3. The van der Waals surface area contributed by atoms with E-state index in [-0.39, 0.29) is 5.82 Å². The Kier molecular flexibility index (Phi) is 2.04. The number of rotatable bonds is 1. The molecule has 0 aliphatic heterocycles. The van der Waals surface area contributed by atoms with Gasteiger partial charge in [0.1, 0.15) is 5.82 Å². The smallest absolute Gasteiger partial charge is 0.147 e. The van der Waals surface area contributed by atoms with Crippen LogP contribution in [0.5, 0.6) is 0 Å². The summed E-state index contributed by atoms with van der Waals surface area (Å²) < 4.78 is 13.3. The first kappa shape index (κ1) is 8.63. The van der Waals surface area contributed by atoms with Crippen molar-refractivity contribution in [2.75, 3.05) is 0 Å². The average Bonchev–Trinajstić information content (AvgIpc) is 2.54. The van der Waals surface area contributed by atoms with E-state index < -0.39 is 5.54 Å². The molecule has 1 aromatic heterocycles. The first-order chi connectivity index (χ1) is 6.22. The lowest BCUT2D eigenvalue weighted by Crippen LogP contribution is -2.35. The van der Waals surface area contributed by atoms with E-state index in [0.29, 0.717) is 5.69 Å². The Balaban J connectivity index is 2.39. The number of halogens is 1. The average molecular weight is 179 g/mol. The molecule has 0 atom stereocenters. The number of nitrogens with two attached hydrogens (primary N) is 1. The zero-order valence-corrected chi connectivity index (χ0v) is 7.39. The second-order valence-electron chi connectivity index (χ2n) is 3.63. The SMILES string of the molecule is NC1(c2nc[c]cc2F)CCCC1. The normalized spacial score (nSPS) is 20.5. The number of aromatic nitrogens is 1. The largest absolute Gasteiger partial charge is 0.320 e. The fourth-order valence-corrected chi connectivity index (χ4v) is 1.95. The minimum Gasteiger partial charge on any atom is -0.320 e. The molecule has 2 nitrogen and oxygen atoms in total. The fourth-order valence-electron chi connectivity index (χ4n) is 1.95. The second kappa shape index (κ2) is 3.07. The molecule has 0 saturated heterocycles. The highest BCUT2D eigenvalue weighted by Crippen LogP contribution is 2.35. The van der Waals surface area contributed by atoms with Crippen LogP contribution in [0.4, 0.5) is 4.39 Å². The van der Waals surface area contributed by atoms with E-state index in [1.54, 1.807) is 0 Å². The number of nitrogens with zero attached hydrogens (tertiary/aromatic N) is 1. The number of hydrogen-bond acceptors (Lipinski definition) is 2. The van der Waals surface area contributed by atoms with Crippen LogP contribution >= 0.6 is 0 Å². The summed E-state index contributed by atoms with van der Waals surface area (Å²) in [6.07, 6.45) is 5.28. The highest BCUT2D eigenvalue weighted by molar-refractivity contribution is 5.18. The minimum atomic E-state index is -0.529. The lowest BCUT2D eigenvalue weighted by Gasteiger charge is -2.22. The molecule has 1 fully saturated rings. The molecular formula is C10H12FN2. The van der Waals surface area contributed by atoms with Crippen LogP contribution in [0.2, 0.25) is 0 Å². The van der Waals surface area contributed by atoms with Crippen LogP contribution in [0.15, 0.2) is 12.3 Å². The molecule has 1 radical (unpaired) electrons. The van der Waals surface area contributed by atoms with Crippen LogP contribution in [0.25, 0.3) is 0 Å². The molecular weight excluding hydrogens is 167 g/mol. The zero-order chi connectivity index (χ0) is 9.31. The van der Waals surface area contributed by atoms with E-state index in [1.165, 1.54) is 12.3 Å². The van der Waals surface area contributed by atoms with E-state index in [1.807, 2.05) is 0 Å². The van der Waals surface area contributed by atoms with Gasteiger partial charge in [-0.2, -0.15) is 0 Å². The third kappa shape index (κ3) is 1.44. The molecule has 0 unspecified atom stereocenters. The highest BCUT2D eigenvalue weighted by Gasteiger charge is 2.34. The van der Waals surface area contributed by atoms with Crippen molar-refractivity contribution in [1.82, 2.24) is 4.98 Å². The summed E-state index contributed by atoms with van der Waals surface area (Å²) in [6.45, 7) is 0. The Labute approximate surface area is 77.0 Å². The van der Waals surface area contributed by atoms with Crippen molar-refractivity contribution in [2.24, 2.45) is 5.73 Å². The van der Waals surface area contributed by atoms with Gasteiger partial charge in [-0.3, -0.25) is 4.98 Å². The minimum absolute atomic E-state index is 0.327. The van der Waals surface area contributed by atoms with Gasteiger partial charge in [0.05, 0.1) is 11.2 Å². The summed E-state index contributed by atoms with van der Waals surface area (Å²) in [7, 11) is 0. The van der Waals surface area contributed by atoms with Crippen molar-refractivity contribution in [3.63, 3.8) is 0 Å². The van der Waals surface area contributed by atoms with Crippen molar-refractivity contribution in [2.45, 2.75) is 31.2 Å². The van der Waals surface area contributed by atoms with Crippen molar-refractivity contribution < 1.29 is 4.39 Å². The summed E-state index contributed by atoms with van der Waals surface area (Å²) in [5, 5.41) is 0. The molecule has 1 saturated carbocycles. The Morgan fingerprint density at radius 1 is 1.46 bits per heavy atom.